The molecule has 6 heterocycles. The Labute approximate surface area is 349 Å². The average molecular weight is 825 g/mol. The molecule has 1 saturated carbocycles. The number of fused-ring (bicyclic) bond motifs is 6. The van der Waals surface area contributed by atoms with Gasteiger partial charge in [-0.1, -0.05) is 44.2 Å². The second kappa shape index (κ2) is 14.1. The number of rotatable bonds is 8. The van der Waals surface area contributed by atoms with Crippen molar-refractivity contribution >= 4 is 40.9 Å². The number of nitrogens with one attached hydrogen (secondary N) is 1. The number of carbonyl (C=O) groups excluding carboxylic acids is 4. The lowest BCUT2D eigenvalue weighted by Gasteiger charge is -2.63. The number of benzene rings is 2. The minimum atomic E-state index is -2.53. The van der Waals surface area contributed by atoms with Crippen LogP contribution >= 0.6 is 0 Å². The first-order valence-corrected chi connectivity index (χ1v) is 21.3. The molecule has 5 unspecified atom stereocenters. The van der Waals surface area contributed by atoms with Crippen LogP contribution in [0, 0.1) is 11.3 Å². The van der Waals surface area contributed by atoms with Crippen LogP contribution in [0.3, 0.4) is 0 Å². The SMILES string of the molecule is CCC1(O)CC2CN(CCc3c([nH]c4ccccc34)C(C(=O)OC)(c3cc4c(cc3OC)N(C=O)C3[C@]45CCN4CC=C[C@](CC)([C@@H](OC(C)=O)[C@]3(O)C(=O)OC)[C@H]45)C2)C1. The van der Waals surface area contributed by atoms with Crippen molar-refractivity contribution in [2.75, 3.05) is 59.0 Å². The zero-order chi connectivity index (χ0) is 42.6. The van der Waals surface area contributed by atoms with E-state index in [1.165, 1.54) is 33.2 Å². The third-order valence-corrected chi connectivity index (χ3v) is 15.5. The zero-order valence-corrected chi connectivity index (χ0v) is 35.3. The number of nitrogens with zero attached hydrogens (tertiary/aromatic N) is 3. The molecular weight excluding hydrogens is 769 g/mol. The first-order valence-electron chi connectivity index (χ1n) is 21.3. The van der Waals surface area contributed by atoms with Crippen LogP contribution in [0.5, 0.6) is 5.75 Å². The highest BCUT2D eigenvalue weighted by Crippen LogP contribution is 2.68. The molecule has 2 saturated heterocycles. The Morgan fingerprint density at radius 1 is 0.967 bits per heavy atom. The number of esters is 3. The van der Waals surface area contributed by atoms with Crippen LogP contribution in [0.25, 0.3) is 10.9 Å². The minimum Gasteiger partial charge on any atom is -0.496 e. The fourth-order valence-electron chi connectivity index (χ4n) is 13.4. The summed E-state index contributed by atoms with van der Waals surface area (Å²) in [5.74, 6) is -2.06. The normalized spacial score (nSPS) is 36.5. The maximum absolute atomic E-state index is 15.3. The number of aromatic amines is 1. The number of aromatic nitrogens is 1. The van der Waals surface area contributed by atoms with Crippen LogP contribution in [0.2, 0.25) is 0 Å². The number of hydrogen-bond donors (Lipinski definition) is 3. The van der Waals surface area contributed by atoms with Gasteiger partial charge in [-0.25, -0.2) is 4.79 Å². The molecule has 5 aliphatic heterocycles. The molecule has 14 nitrogen and oxygen atoms in total. The van der Waals surface area contributed by atoms with Gasteiger partial charge in [-0.05, 0) is 74.2 Å². The Hall–Kier alpha value is -4.76. The predicted molar refractivity (Wildman–Crippen MR) is 221 cm³/mol. The summed E-state index contributed by atoms with van der Waals surface area (Å²) in [6, 6.07) is 9.97. The summed E-state index contributed by atoms with van der Waals surface area (Å²) in [4.78, 5) is 66.1. The first kappa shape index (κ1) is 40.6. The lowest BCUT2D eigenvalue weighted by Crippen LogP contribution is -2.81. The van der Waals surface area contributed by atoms with Gasteiger partial charge in [0.2, 0.25) is 12.0 Å². The van der Waals surface area contributed by atoms with Crippen molar-refractivity contribution in [3.8, 4) is 5.75 Å². The molecule has 1 spiro atoms. The smallest absolute Gasteiger partial charge is 0.344 e. The van der Waals surface area contributed by atoms with Gasteiger partial charge in [0, 0.05) is 78.2 Å². The molecule has 3 N–H and O–H groups in total. The molecule has 9 rings (SSSR count). The number of anilines is 1. The molecular formula is C46H56N4O10. The summed E-state index contributed by atoms with van der Waals surface area (Å²) in [7, 11) is 4.09. The van der Waals surface area contributed by atoms with Crippen LogP contribution < -0.4 is 9.64 Å². The van der Waals surface area contributed by atoms with E-state index in [4.69, 9.17) is 18.9 Å². The molecule has 2 aromatic carbocycles. The largest absolute Gasteiger partial charge is 0.496 e. The van der Waals surface area contributed by atoms with E-state index in [1.807, 2.05) is 50.3 Å². The predicted octanol–water partition coefficient (Wildman–Crippen LogP) is 3.52. The second-order valence-electron chi connectivity index (χ2n) is 18.1. The number of methoxy groups -OCH3 is 3. The van der Waals surface area contributed by atoms with Crippen LogP contribution in [0.1, 0.15) is 75.3 Å². The molecule has 6 aliphatic rings. The summed E-state index contributed by atoms with van der Waals surface area (Å²) in [6.07, 6.45) is 5.83. The fourth-order valence-corrected chi connectivity index (χ4v) is 13.4. The van der Waals surface area contributed by atoms with Crippen LogP contribution in [-0.2, 0) is 50.6 Å². The monoisotopic (exact) mass is 824 g/mol. The van der Waals surface area contributed by atoms with Crippen molar-refractivity contribution in [2.24, 2.45) is 11.3 Å². The number of aliphatic hydroxyl groups is 2. The van der Waals surface area contributed by atoms with E-state index >= 15 is 4.79 Å². The number of ether oxygens (including phenoxy) is 4. The number of piperidine rings is 1. The Balaban J connectivity index is 1.38. The van der Waals surface area contributed by atoms with E-state index in [1.54, 1.807) is 6.07 Å². The number of carbonyl (C=O) groups is 4. The summed E-state index contributed by atoms with van der Waals surface area (Å²) in [5.41, 5.74) is -3.15. The van der Waals surface area contributed by atoms with Gasteiger partial charge >= 0.3 is 17.9 Å². The highest BCUT2D eigenvalue weighted by molar-refractivity contribution is 5.96. The van der Waals surface area contributed by atoms with Crippen molar-refractivity contribution in [3.05, 3.63) is 70.9 Å². The van der Waals surface area contributed by atoms with Crippen molar-refractivity contribution in [2.45, 2.75) is 99.5 Å². The van der Waals surface area contributed by atoms with E-state index in [0.29, 0.717) is 99.5 Å². The number of hydrogen-bond acceptors (Lipinski definition) is 12. The third-order valence-electron chi connectivity index (χ3n) is 15.5. The van der Waals surface area contributed by atoms with E-state index in [-0.39, 0.29) is 12.3 Å². The summed E-state index contributed by atoms with van der Waals surface area (Å²) in [6.45, 7) is 8.16. The molecule has 3 aromatic rings. The van der Waals surface area contributed by atoms with E-state index in [2.05, 4.69) is 20.9 Å². The van der Waals surface area contributed by atoms with Gasteiger partial charge in [0.05, 0.1) is 38.7 Å². The number of para-hydroxylation sites is 1. The van der Waals surface area contributed by atoms with Gasteiger partial charge in [-0.3, -0.25) is 24.2 Å². The standard InChI is InChI=1S/C46H56N4O10/c1-7-42(55)22-28-23-45(40(53)58-5,36-30(14-18-48(24-28)25-42)29-12-9-10-13-33(29)47-36)32-20-31-34(21-35(32)57-4)50(26-51)38-44(31)16-19-49-17-11-15-43(8-2,37(44)49)39(60-27(3)52)46(38,56)41(54)59-6/h9-13,15,20-21,26,28,37-39,47,55-56H,7-8,14,16-19,22-25H2,1-6H3/t28?,37-,38?,39+,42?,43-,44+,45?,46-/m0/s1. The van der Waals surface area contributed by atoms with Gasteiger partial charge in [0.25, 0.3) is 0 Å². The topological polar surface area (TPSA) is 171 Å². The molecule has 60 heavy (non-hydrogen) atoms. The molecule has 1 aliphatic carbocycles. The quantitative estimate of drug-likeness (QED) is 0.131. The van der Waals surface area contributed by atoms with Gasteiger partial charge < -0.3 is 39.0 Å². The molecule has 1 aromatic heterocycles. The molecule has 320 valence electrons. The van der Waals surface area contributed by atoms with Crippen molar-refractivity contribution < 1.29 is 48.3 Å². The van der Waals surface area contributed by atoms with Crippen molar-refractivity contribution in [1.29, 1.82) is 0 Å². The maximum Gasteiger partial charge on any atom is 0.344 e. The number of amides is 1. The zero-order valence-electron chi connectivity index (χ0n) is 35.3. The Morgan fingerprint density at radius 3 is 2.42 bits per heavy atom. The molecule has 1 amide bonds. The van der Waals surface area contributed by atoms with Gasteiger partial charge in [-0.2, -0.15) is 0 Å². The molecule has 10 atom stereocenters. The summed E-state index contributed by atoms with van der Waals surface area (Å²) < 4.78 is 23.7. The van der Waals surface area contributed by atoms with Crippen molar-refractivity contribution in [1.82, 2.24) is 14.8 Å². The van der Waals surface area contributed by atoms with E-state index < -0.39 is 63.5 Å². The van der Waals surface area contributed by atoms with Gasteiger partial charge in [-0.15, -0.1) is 0 Å². The average Bonchev–Trinajstić information content (AvgIpc) is 3.92. The van der Waals surface area contributed by atoms with Crippen LogP contribution in [0.4, 0.5) is 5.69 Å². The lowest BCUT2D eigenvalue weighted by molar-refractivity contribution is -0.228. The lowest BCUT2D eigenvalue weighted by atomic mass is 9.47. The molecule has 2 bridgehead atoms. The second-order valence-corrected chi connectivity index (χ2v) is 18.1. The Kier molecular flexibility index (Phi) is 9.58. The van der Waals surface area contributed by atoms with Crippen LogP contribution in [-0.4, -0.2) is 133 Å². The Morgan fingerprint density at radius 2 is 1.73 bits per heavy atom. The first-order chi connectivity index (χ1) is 28.8. The molecule has 14 heteroatoms. The molecule has 0 radical (unpaired) electrons. The van der Waals surface area contributed by atoms with Crippen molar-refractivity contribution in [3.63, 3.8) is 0 Å². The summed E-state index contributed by atoms with van der Waals surface area (Å²) >= 11 is 0. The van der Waals surface area contributed by atoms with E-state index in [0.717, 1.165) is 16.5 Å². The highest BCUT2D eigenvalue weighted by Gasteiger charge is 2.81. The third kappa shape index (κ3) is 5.19. The van der Waals surface area contributed by atoms with E-state index in [9.17, 15) is 24.6 Å². The van der Waals surface area contributed by atoms with Gasteiger partial charge in [0.1, 0.15) is 11.2 Å². The minimum absolute atomic E-state index is 0.155. The molecule has 3 fully saturated rings. The maximum atomic E-state index is 15.3. The van der Waals surface area contributed by atoms with Crippen LogP contribution in [0.15, 0.2) is 48.6 Å². The van der Waals surface area contributed by atoms with Gasteiger partial charge in [0.15, 0.2) is 6.10 Å². The fraction of sp³-hybridized carbons (Fsp3) is 0.565. The number of H-pyrrole nitrogens is 1. The highest BCUT2D eigenvalue weighted by atomic mass is 16.6. The summed E-state index contributed by atoms with van der Waals surface area (Å²) in [5, 5.41) is 26.3. The Bertz CT molecular complexity index is 2310.